The zero-order valence-corrected chi connectivity index (χ0v) is 16.1. The lowest BCUT2D eigenvalue weighted by Gasteiger charge is -2.39. The highest BCUT2D eigenvalue weighted by atomic mass is 15.3. The molecule has 3 rings (SSSR count). The topological polar surface area (TPSA) is 18.8 Å². The maximum absolute atomic E-state index is 4.97. The van der Waals surface area contributed by atoms with Crippen molar-refractivity contribution in [1.82, 2.24) is 4.90 Å². The highest BCUT2D eigenvalue weighted by Crippen LogP contribution is 2.33. The number of rotatable bonds is 8. The van der Waals surface area contributed by atoms with E-state index in [4.69, 9.17) is 4.99 Å². The fraction of sp³-hybridized carbons (Fsp3) is 0.435. The quantitative estimate of drug-likeness (QED) is 0.655. The Labute approximate surface area is 158 Å². The number of aliphatic imine (C=N–C) groups is 1. The molecule has 0 radical (unpaired) electrons. The second-order valence-corrected chi connectivity index (χ2v) is 6.99. The van der Waals surface area contributed by atoms with E-state index in [1.807, 2.05) is 0 Å². The molecule has 1 aliphatic heterocycles. The van der Waals surface area contributed by atoms with E-state index in [2.05, 4.69) is 84.3 Å². The van der Waals surface area contributed by atoms with Crippen LogP contribution in [-0.2, 0) is 0 Å². The Morgan fingerprint density at radius 1 is 0.923 bits per heavy atom. The van der Waals surface area contributed by atoms with E-state index in [1.165, 1.54) is 29.9 Å². The second-order valence-electron chi connectivity index (χ2n) is 6.99. The summed E-state index contributed by atoms with van der Waals surface area (Å²) in [4.78, 5) is 9.98. The van der Waals surface area contributed by atoms with Gasteiger partial charge >= 0.3 is 0 Å². The Bertz CT molecular complexity index is 675. The lowest BCUT2D eigenvalue weighted by atomic mass is 9.99. The molecule has 26 heavy (non-hydrogen) atoms. The number of amidine groups is 1. The van der Waals surface area contributed by atoms with E-state index < -0.39 is 0 Å². The van der Waals surface area contributed by atoms with Crippen molar-refractivity contribution in [2.75, 3.05) is 31.1 Å². The third-order valence-electron chi connectivity index (χ3n) is 4.95. The molecular formula is C23H31N3. The molecule has 0 spiro atoms. The zero-order valence-electron chi connectivity index (χ0n) is 16.1. The smallest absolute Gasteiger partial charge is 0.118 e. The maximum Gasteiger partial charge on any atom is 0.118 e. The van der Waals surface area contributed by atoms with E-state index >= 15 is 0 Å². The molecule has 0 bridgehead atoms. The lowest BCUT2D eigenvalue weighted by molar-refractivity contribution is 0.309. The third kappa shape index (κ3) is 4.53. The van der Waals surface area contributed by atoms with Crippen LogP contribution in [0.15, 0.2) is 65.7 Å². The van der Waals surface area contributed by atoms with Crippen LogP contribution in [0.3, 0.4) is 0 Å². The molecule has 1 heterocycles. The monoisotopic (exact) mass is 349 g/mol. The predicted octanol–water partition coefficient (Wildman–Crippen LogP) is 5.16. The Morgan fingerprint density at radius 2 is 1.54 bits per heavy atom. The summed E-state index contributed by atoms with van der Waals surface area (Å²) < 4.78 is 0. The van der Waals surface area contributed by atoms with Gasteiger partial charge < -0.3 is 4.90 Å². The molecule has 0 N–H and O–H groups in total. The summed E-state index contributed by atoms with van der Waals surface area (Å²) in [5, 5.41) is 0. The largest absolute Gasteiger partial charge is 0.321 e. The molecule has 2 aromatic rings. The van der Waals surface area contributed by atoms with Crippen LogP contribution in [0, 0.1) is 0 Å². The maximum atomic E-state index is 4.97. The summed E-state index contributed by atoms with van der Waals surface area (Å²) in [7, 11) is 0. The third-order valence-corrected chi connectivity index (χ3v) is 4.95. The van der Waals surface area contributed by atoms with Crippen LogP contribution in [0.25, 0.3) is 0 Å². The summed E-state index contributed by atoms with van der Waals surface area (Å²) >= 11 is 0. The molecule has 1 aliphatic rings. The van der Waals surface area contributed by atoms with E-state index in [0.29, 0.717) is 6.04 Å². The van der Waals surface area contributed by atoms with Gasteiger partial charge in [0.05, 0.1) is 12.6 Å². The van der Waals surface area contributed by atoms with Crippen molar-refractivity contribution < 1.29 is 0 Å². The molecule has 1 atom stereocenters. The van der Waals surface area contributed by atoms with Crippen LogP contribution in [0.5, 0.6) is 0 Å². The molecule has 3 heteroatoms. The molecular weight excluding hydrogens is 318 g/mol. The number of anilines is 1. The van der Waals surface area contributed by atoms with E-state index in [0.717, 1.165) is 32.6 Å². The van der Waals surface area contributed by atoms with Gasteiger partial charge in [-0.3, -0.25) is 9.89 Å². The number of hydrogen-bond acceptors (Lipinski definition) is 3. The summed E-state index contributed by atoms with van der Waals surface area (Å²) in [6, 6.07) is 22.0. The van der Waals surface area contributed by atoms with Crippen molar-refractivity contribution >= 4 is 11.5 Å². The minimum Gasteiger partial charge on any atom is -0.321 e. The van der Waals surface area contributed by atoms with Crippen molar-refractivity contribution in [2.45, 2.75) is 39.2 Å². The first kappa shape index (κ1) is 18.7. The summed E-state index contributed by atoms with van der Waals surface area (Å²) in [5.41, 5.74) is 2.62. The number of benzene rings is 2. The van der Waals surface area contributed by atoms with E-state index in [1.54, 1.807) is 0 Å². The Hall–Kier alpha value is -2.13. The average molecular weight is 350 g/mol. The normalized spacial score (nSPS) is 17.4. The molecule has 0 aliphatic carbocycles. The minimum absolute atomic E-state index is 0.358. The Kier molecular flexibility index (Phi) is 6.84. The molecule has 138 valence electrons. The van der Waals surface area contributed by atoms with Gasteiger partial charge in [-0.25, -0.2) is 0 Å². The molecule has 3 nitrogen and oxygen atoms in total. The first-order chi connectivity index (χ1) is 12.8. The van der Waals surface area contributed by atoms with Gasteiger partial charge in [-0.15, -0.1) is 0 Å². The van der Waals surface area contributed by atoms with E-state index in [-0.39, 0.29) is 0 Å². The van der Waals surface area contributed by atoms with Crippen LogP contribution < -0.4 is 4.90 Å². The fourth-order valence-corrected chi connectivity index (χ4v) is 3.84. The van der Waals surface area contributed by atoms with Crippen molar-refractivity contribution in [2.24, 2.45) is 4.99 Å². The van der Waals surface area contributed by atoms with Gasteiger partial charge in [0, 0.05) is 12.2 Å². The first-order valence-electron chi connectivity index (χ1n) is 9.98. The summed E-state index contributed by atoms with van der Waals surface area (Å²) in [6.45, 7) is 8.61. The van der Waals surface area contributed by atoms with Gasteiger partial charge in [0.2, 0.25) is 0 Å². The van der Waals surface area contributed by atoms with Gasteiger partial charge in [-0.1, -0.05) is 62.4 Å². The molecule has 0 amide bonds. The summed E-state index contributed by atoms with van der Waals surface area (Å²) in [6.07, 6.45) is 3.42. The van der Waals surface area contributed by atoms with Gasteiger partial charge in [-0.2, -0.15) is 0 Å². The van der Waals surface area contributed by atoms with Gasteiger partial charge in [0.15, 0.2) is 0 Å². The molecule has 0 saturated carbocycles. The average Bonchev–Trinajstić information content (AvgIpc) is 2.69. The summed E-state index contributed by atoms with van der Waals surface area (Å²) in [5.74, 6) is 1.21. The first-order valence-corrected chi connectivity index (χ1v) is 9.98. The number of para-hydroxylation sites is 1. The molecule has 0 fully saturated rings. The fourth-order valence-electron chi connectivity index (χ4n) is 3.84. The van der Waals surface area contributed by atoms with Crippen molar-refractivity contribution in [3.8, 4) is 0 Å². The van der Waals surface area contributed by atoms with Crippen molar-refractivity contribution in [3.05, 3.63) is 66.2 Å². The molecule has 0 aromatic heterocycles. The number of hydrogen-bond donors (Lipinski definition) is 0. The van der Waals surface area contributed by atoms with Crippen LogP contribution >= 0.6 is 0 Å². The lowest BCUT2D eigenvalue weighted by Crippen LogP contribution is -2.45. The Morgan fingerprint density at radius 3 is 2.15 bits per heavy atom. The van der Waals surface area contributed by atoms with Crippen molar-refractivity contribution in [1.29, 1.82) is 0 Å². The standard InChI is InChI=1S/C23H31N3/c1-3-17-25(18-4-2)19-23-24-16-15-22(20-11-7-5-8-12-20)26(23)21-13-9-6-10-14-21/h5-14,22H,3-4,15-19H2,1-2H3. The van der Waals surface area contributed by atoms with Crippen molar-refractivity contribution in [3.63, 3.8) is 0 Å². The van der Waals surface area contributed by atoms with Crippen LogP contribution in [0.1, 0.15) is 44.7 Å². The second kappa shape index (κ2) is 9.54. The highest BCUT2D eigenvalue weighted by Gasteiger charge is 2.28. The zero-order chi connectivity index (χ0) is 18.2. The van der Waals surface area contributed by atoms with Gasteiger partial charge in [0.1, 0.15) is 5.84 Å². The van der Waals surface area contributed by atoms with E-state index in [9.17, 15) is 0 Å². The minimum atomic E-state index is 0.358. The van der Waals surface area contributed by atoms with Crippen LogP contribution in [0.4, 0.5) is 5.69 Å². The highest BCUT2D eigenvalue weighted by molar-refractivity contribution is 6.00. The number of nitrogens with zero attached hydrogens (tertiary/aromatic N) is 3. The van der Waals surface area contributed by atoms with Crippen LogP contribution in [-0.4, -0.2) is 36.9 Å². The van der Waals surface area contributed by atoms with Gasteiger partial charge in [-0.05, 0) is 50.0 Å². The van der Waals surface area contributed by atoms with Crippen LogP contribution in [0.2, 0.25) is 0 Å². The predicted molar refractivity (Wildman–Crippen MR) is 112 cm³/mol. The molecule has 1 unspecified atom stereocenters. The molecule has 0 saturated heterocycles. The SMILES string of the molecule is CCCN(CCC)CC1=NCCC(c2ccccc2)N1c1ccccc1. The molecule has 2 aromatic carbocycles. The van der Waals surface area contributed by atoms with Gasteiger partial charge in [0.25, 0.3) is 0 Å². The Balaban J connectivity index is 1.92.